The number of anilines is 1. The number of rotatable bonds is 10. The van der Waals surface area contributed by atoms with Crippen molar-refractivity contribution in [2.24, 2.45) is 0 Å². The van der Waals surface area contributed by atoms with Gasteiger partial charge in [0.15, 0.2) is 6.79 Å². The molecule has 0 spiro atoms. The number of hydrazine groups is 1. The number of hydrogen-bond donors (Lipinski definition) is 3. The van der Waals surface area contributed by atoms with Crippen molar-refractivity contribution in [2.45, 2.75) is 90.6 Å². The SMILES string of the molecule is CCOC(=O)[C@@H]1CC[C@@H](Nc2ccc3c(c2CNC(=O)OC)COCCCC2=C3N(OCOC)NC(OC(F)(F)F)=C2)CN1C(=O)OC(C)(C)C. The molecule has 2 amide bonds. The third kappa shape index (κ3) is 10.8. The average Bonchev–Trinajstić information content (AvgIpc) is 3.14. The minimum absolute atomic E-state index is 0.0390. The van der Waals surface area contributed by atoms with Gasteiger partial charge in [-0.25, -0.2) is 24.6 Å². The Hall–Kier alpha value is -4.42. The van der Waals surface area contributed by atoms with Crippen molar-refractivity contribution in [3.63, 3.8) is 0 Å². The van der Waals surface area contributed by atoms with E-state index in [1.54, 1.807) is 39.8 Å². The van der Waals surface area contributed by atoms with Crippen LogP contribution in [0.4, 0.5) is 28.4 Å². The molecule has 0 bridgehead atoms. The van der Waals surface area contributed by atoms with Gasteiger partial charge in [0.1, 0.15) is 11.6 Å². The Morgan fingerprint density at radius 3 is 2.55 bits per heavy atom. The van der Waals surface area contributed by atoms with Crippen LogP contribution < -0.4 is 16.1 Å². The number of fused-ring (bicyclic) bond motifs is 2. The topological polar surface area (TPSA) is 158 Å². The molecule has 0 saturated carbocycles. The van der Waals surface area contributed by atoms with E-state index in [0.717, 1.165) is 5.17 Å². The summed E-state index contributed by atoms with van der Waals surface area (Å²) in [7, 11) is 2.60. The lowest BCUT2D eigenvalue weighted by molar-refractivity contribution is -0.316. The van der Waals surface area contributed by atoms with Crippen molar-refractivity contribution in [1.82, 2.24) is 20.8 Å². The number of ether oxygens (including phenoxy) is 6. The van der Waals surface area contributed by atoms with Crippen LogP contribution in [0.3, 0.4) is 0 Å². The van der Waals surface area contributed by atoms with Crippen molar-refractivity contribution in [2.75, 3.05) is 46.1 Å². The number of nitrogens with zero attached hydrogens (tertiary/aromatic N) is 2. The predicted molar refractivity (Wildman–Crippen MR) is 175 cm³/mol. The maximum Gasteiger partial charge on any atom is 0.574 e. The molecule has 4 rings (SSSR count). The summed E-state index contributed by atoms with van der Waals surface area (Å²) in [6, 6.07) is 2.30. The van der Waals surface area contributed by atoms with Crippen molar-refractivity contribution in [3.05, 3.63) is 46.4 Å². The van der Waals surface area contributed by atoms with E-state index in [1.807, 2.05) is 0 Å². The number of halogens is 3. The van der Waals surface area contributed by atoms with E-state index in [0.29, 0.717) is 59.3 Å². The van der Waals surface area contributed by atoms with Crippen LogP contribution in [0.5, 0.6) is 0 Å². The van der Waals surface area contributed by atoms with Gasteiger partial charge in [0, 0.05) is 55.7 Å². The average molecular weight is 730 g/mol. The van der Waals surface area contributed by atoms with Crippen molar-refractivity contribution < 1.29 is 60.8 Å². The summed E-state index contributed by atoms with van der Waals surface area (Å²) < 4.78 is 70.8. The Morgan fingerprint density at radius 1 is 1.12 bits per heavy atom. The lowest BCUT2D eigenvalue weighted by atomic mass is 9.92. The molecule has 1 aromatic carbocycles. The normalized spacial score (nSPS) is 19.6. The maximum atomic E-state index is 13.3. The van der Waals surface area contributed by atoms with Crippen LogP contribution in [-0.2, 0) is 51.2 Å². The number of carbonyl (C=O) groups excluding carboxylic acids is 3. The molecule has 51 heavy (non-hydrogen) atoms. The summed E-state index contributed by atoms with van der Waals surface area (Å²) in [5.74, 6) is -1.12. The highest BCUT2D eigenvalue weighted by atomic mass is 19.4. The zero-order chi connectivity index (χ0) is 37.3. The monoisotopic (exact) mass is 729 g/mol. The van der Waals surface area contributed by atoms with E-state index in [-0.39, 0.29) is 45.7 Å². The number of benzene rings is 1. The molecule has 18 heteroatoms. The first-order valence-electron chi connectivity index (χ1n) is 16.5. The van der Waals surface area contributed by atoms with Gasteiger partial charge in [0.2, 0.25) is 5.88 Å². The Bertz CT molecular complexity index is 1480. The fourth-order valence-corrected chi connectivity index (χ4v) is 5.90. The molecule has 0 aromatic heterocycles. The molecule has 3 aliphatic heterocycles. The third-order valence-electron chi connectivity index (χ3n) is 7.94. The van der Waals surface area contributed by atoms with Gasteiger partial charge in [-0.1, -0.05) is 6.07 Å². The van der Waals surface area contributed by atoms with Crippen LogP contribution in [0.1, 0.15) is 70.1 Å². The number of hydroxylamine groups is 1. The van der Waals surface area contributed by atoms with Gasteiger partial charge >= 0.3 is 24.5 Å². The maximum absolute atomic E-state index is 13.3. The number of carbonyl (C=O) groups is 3. The van der Waals surface area contributed by atoms with Crippen LogP contribution in [0.15, 0.2) is 29.7 Å². The lowest BCUT2D eigenvalue weighted by Gasteiger charge is -2.39. The predicted octanol–water partition coefficient (Wildman–Crippen LogP) is 5.04. The Kier molecular flexibility index (Phi) is 13.3. The molecule has 1 saturated heterocycles. The largest absolute Gasteiger partial charge is 0.574 e. The van der Waals surface area contributed by atoms with E-state index in [9.17, 15) is 27.6 Å². The molecule has 2 atom stereocenters. The summed E-state index contributed by atoms with van der Waals surface area (Å²) in [4.78, 5) is 45.5. The van der Waals surface area contributed by atoms with Crippen LogP contribution in [0, 0.1) is 0 Å². The van der Waals surface area contributed by atoms with E-state index >= 15 is 0 Å². The van der Waals surface area contributed by atoms with Crippen LogP contribution in [0.25, 0.3) is 5.70 Å². The number of likely N-dealkylation sites (tertiary alicyclic amines) is 1. The minimum Gasteiger partial charge on any atom is -0.464 e. The number of esters is 1. The summed E-state index contributed by atoms with van der Waals surface area (Å²) in [5, 5.41) is 7.25. The highest BCUT2D eigenvalue weighted by molar-refractivity contribution is 5.82. The molecule has 3 N–H and O–H groups in total. The first kappa shape index (κ1) is 39.4. The molecule has 3 aliphatic rings. The zero-order valence-corrected chi connectivity index (χ0v) is 29.6. The van der Waals surface area contributed by atoms with Gasteiger partial charge < -0.3 is 39.1 Å². The highest BCUT2D eigenvalue weighted by Gasteiger charge is 2.40. The second-order valence-electron chi connectivity index (χ2n) is 12.8. The summed E-state index contributed by atoms with van der Waals surface area (Å²) >= 11 is 0. The van der Waals surface area contributed by atoms with Gasteiger partial charge in [0.25, 0.3) is 0 Å². The third-order valence-corrected chi connectivity index (χ3v) is 7.94. The number of amides is 2. The van der Waals surface area contributed by atoms with Gasteiger partial charge in [-0.2, -0.15) is 5.17 Å². The van der Waals surface area contributed by atoms with Gasteiger partial charge in [0.05, 0.1) is 26.0 Å². The van der Waals surface area contributed by atoms with Crippen LogP contribution in [-0.4, -0.2) is 93.0 Å². The smallest absolute Gasteiger partial charge is 0.464 e. The Balaban J connectivity index is 1.78. The molecule has 0 radical (unpaired) electrons. The van der Waals surface area contributed by atoms with E-state index in [4.69, 9.17) is 28.5 Å². The fourth-order valence-electron chi connectivity index (χ4n) is 5.90. The molecular weight excluding hydrogens is 683 g/mol. The minimum atomic E-state index is -4.97. The van der Waals surface area contributed by atoms with E-state index in [1.165, 1.54) is 25.2 Å². The molecule has 1 fully saturated rings. The van der Waals surface area contributed by atoms with Crippen molar-refractivity contribution >= 4 is 29.5 Å². The number of alkyl halides is 3. The first-order chi connectivity index (χ1) is 24.1. The number of allylic oxidation sites excluding steroid dienone is 2. The second-order valence-corrected chi connectivity index (χ2v) is 12.8. The van der Waals surface area contributed by atoms with Crippen LogP contribution >= 0.6 is 0 Å². The molecule has 15 nitrogen and oxygen atoms in total. The molecule has 3 heterocycles. The molecule has 1 aromatic rings. The van der Waals surface area contributed by atoms with E-state index in [2.05, 4.69) is 20.8 Å². The quantitative estimate of drug-likeness (QED) is 0.167. The summed E-state index contributed by atoms with van der Waals surface area (Å²) in [6.07, 6.45) is -3.52. The standard InChI is InChI=1S/C33H46F3N5O10/c1-7-48-29(42)26-13-10-21(17-40(26)31(44)51-32(2,3)4)38-25-12-11-22-24(23(25)16-37-30(43)46-6)18-47-14-8-9-20-15-27(50-33(34,35)36)39-41(28(20)22)49-19-45-5/h11-12,15,21,26,38-39H,7-10,13-14,16-19H2,1-6H3,(H,37,43)/t21-,26+/m1/s1. The van der Waals surface area contributed by atoms with E-state index < -0.39 is 42.0 Å². The number of alkyl carbamates (subject to hydrolysis) is 1. The second kappa shape index (κ2) is 17.2. The fraction of sp³-hybridized carbons (Fsp3) is 0.606. The number of nitrogens with one attached hydrogen (secondary N) is 3. The van der Waals surface area contributed by atoms with Gasteiger partial charge in [-0.15, -0.1) is 13.2 Å². The van der Waals surface area contributed by atoms with Gasteiger partial charge in [-0.3, -0.25) is 4.90 Å². The number of methoxy groups -OCH3 is 2. The zero-order valence-electron chi connectivity index (χ0n) is 29.6. The highest BCUT2D eigenvalue weighted by Crippen LogP contribution is 2.38. The van der Waals surface area contributed by atoms with Crippen molar-refractivity contribution in [1.29, 1.82) is 0 Å². The molecule has 0 aliphatic carbocycles. The lowest BCUT2D eigenvalue weighted by Crippen LogP contribution is -2.55. The van der Waals surface area contributed by atoms with Crippen LogP contribution in [0.2, 0.25) is 0 Å². The molecular formula is C33H46F3N5O10. The first-order valence-corrected chi connectivity index (χ1v) is 16.5. The van der Waals surface area contributed by atoms with Crippen molar-refractivity contribution in [3.8, 4) is 0 Å². The summed E-state index contributed by atoms with van der Waals surface area (Å²) in [6.45, 7) is 7.13. The molecule has 284 valence electrons. The molecule has 0 unspecified atom stereocenters. The number of piperidine rings is 1. The van der Waals surface area contributed by atoms with Gasteiger partial charge in [-0.05, 0) is 70.6 Å². The Labute approximate surface area is 294 Å². The summed E-state index contributed by atoms with van der Waals surface area (Å²) in [5.41, 5.74) is 4.85. The Morgan fingerprint density at radius 2 is 1.88 bits per heavy atom. The number of hydrogen-bond acceptors (Lipinski definition) is 13.